The summed E-state index contributed by atoms with van der Waals surface area (Å²) in [4.78, 5) is 57.6. The molecule has 3 amide bonds. The first kappa shape index (κ1) is 44.6. The fraction of sp³-hybridized carbons (Fsp3) is 0.468. The van der Waals surface area contributed by atoms with Gasteiger partial charge in [0.25, 0.3) is 5.91 Å². The Morgan fingerprint density at radius 3 is 2.49 bits per heavy atom. The van der Waals surface area contributed by atoms with Gasteiger partial charge < -0.3 is 24.3 Å². The van der Waals surface area contributed by atoms with Crippen molar-refractivity contribution in [1.29, 1.82) is 0 Å². The number of esters is 1. The highest BCUT2D eigenvalue weighted by atomic mass is 16.5. The van der Waals surface area contributed by atoms with Crippen LogP contribution in [0.1, 0.15) is 84.2 Å². The molecule has 59 heavy (non-hydrogen) atoms. The second-order valence-corrected chi connectivity index (χ2v) is 16.5. The van der Waals surface area contributed by atoms with Gasteiger partial charge in [0, 0.05) is 68.7 Å². The van der Waals surface area contributed by atoms with E-state index >= 15 is 0 Å². The molecule has 12 heteroatoms. The number of benzene rings is 2. The summed E-state index contributed by atoms with van der Waals surface area (Å²) in [6, 6.07) is 16.9. The predicted octanol–water partition coefficient (Wildman–Crippen LogP) is 6.50. The lowest BCUT2D eigenvalue weighted by molar-refractivity contribution is -0.144. The lowest BCUT2D eigenvalue weighted by Gasteiger charge is -2.33. The molecule has 0 saturated carbocycles. The van der Waals surface area contributed by atoms with Crippen molar-refractivity contribution in [2.45, 2.75) is 98.9 Å². The number of nitrogens with one attached hydrogen (secondary N) is 2. The third kappa shape index (κ3) is 10.8. The maximum Gasteiger partial charge on any atom is 0.302 e. The topological polar surface area (TPSA) is 135 Å². The van der Waals surface area contributed by atoms with E-state index in [-0.39, 0.29) is 42.8 Å². The number of rotatable bonds is 17. The fourth-order valence-corrected chi connectivity index (χ4v) is 7.95. The smallest absolute Gasteiger partial charge is 0.302 e. The zero-order chi connectivity index (χ0) is 42.9. The Balaban J connectivity index is 1.63. The van der Waals surface area contributed by atoms with Crippen molar-refractivity contribution in [2.75, 3.05) is 33.9 Å². The summed E-state index contributed by atoms with van der Waals surface area (Å²) in [5.41, 5.74) is 10.4. The molecule has 3 atom stereocenters. The zero-order valence-corrected chi connectivity index (χ0v) is 36.1. The van der Waals surface area contributed by atoms with Crippen molar-refractivity contribution in [3.05, 3.63) is 77.6 Å². The highest BCUT2D eigenvalue weighted by Gasteiger charge is 2.33. The van der Waals surface area contributed by atoms with Crippen LogP contribution in [-0.2, 0) is 48.0 Å². The largest absolute Gasteiger partial charge is 0.465 e. The number of hydrogen-bond acceptors (Lipinski definition) is 8. The number of amides is 3. The van der Waals surface area contributed by atoms with Crippen molar-refractivity contribution >= 4 is 35.1 Å². The van der Waals surface area contributed by atoms with Crippen LogP contribution in [0.2, 0.25) is 0 Å². The van der Waals surface area contributed by atoms with Crippen LogP contribution in [0.4, 0.5) is 0 Å². The average Bonchev–Trinajstić information content (AvgIpc) is 3.52. The average molecular weight is 805 g/mol. The lowest BCUT2D eigenvalue weighted by Crippen LogP contribution is -2.58. The van der Waals surface area contributed by atoms with Crippen molar-refractivity contribution in [3.63, 3.8) is 0 Å². The minimum absolute atomic E-state index is 0.165. The summed E-state index contributed by atoms with van der Waals surface area (Å²) >= 11 is 0. The Labute approximate surface area is 349 Å². The monoisotopic (exact) mass is 804 g/mol. The van der Waals surface area contributed by atoms with E-state index in [9.17, 15) is 19.2 Å². The Bertz CT molecular complexity index is 2190. The lowest BCUT2D eigenvalue weighted by atomic mass is 9.84. The first-order valence-corrected chi connectivity index (χ1v) is 20.5. The SMILES string of the molecule is CC#CCn1c(-c2cccnc2C(C)OC)c(CC(C)(C)COC(C)=O)c2cc(-c3cccc(CC(NC(=O)C(C(C)C)N(C)C=O)C(=O)N4CCCCN4)c3)ccc21. The predicted molar refractivity (Wildman–Crippen MR) is 231 cm³/mol. The van der Waals surface area contributed by atoms with Gasteiger partial charge in [-0.25, -0.2) is 5.43 Å². The molecule has 314 valence electrons. The molecule has 1 aliphatic heterocycles. The van der Waals surface area contributed by atoms with Crippen molar-refractivity contribution in [3.8, 4) is 34.2 Å². The quantitative estimate of drug-likeness (QED) is 0.0702. The minimum atomic E-state index is -0.863. The number of hydrazine groups is 1. The van der Waals surface area contributed by atoms with Gasteiger partial charge in [-0.15, -0.1) is 5.92 Å². The second-order valence-electron chi connectivity index (χ2n) is 16.5. The molecule has 4 aromatic rings. The number of likely N-dealkylation sites (N-methyl/N-ethyl adjacent to an activating group) is 1. The molecule has 1 fully saturated rings. The Kier molecular flexibility index (Phi) is 15.1. The highest BCUT2D eigenvalue weighted by molar-refractivity contribution is 5.95. The van der Waals surface area contributed by atoms with E-state index in [1.807, 2.05) is 52.0 Å². The summed E-state index contributed by atoms with van der Waals surface area (Å²) in [5.74, 6) is 5.28. The number of carbonyl (C=O) groups excluding carboxylic acids is 4. The van der Waals surface area contributed by atoms with Crippen LogP contribution in [0, 0.1) is 23.2 Å². The van der Waals surface area contributed by atoms with Gasteiger partial charge >= 0.3 is 5.97 Å². The van der Waals surface area contributed by atoms with Crippen LogP contribution in [0.3, 0.4) is 0 Å². The Morgan fingerprint density at radius 2 is 1.83 bits per heavy atom. The van der Waals surface area contributed by atoms with Crippen molar-refractivity contribution in [2.24, 2.45) is 11.3 Å². The molecule has 12 nitrogen and oxygen atoms in total. The molecular weight excluding hydrogens is 745 g/mol. The van der Waals surface area contributed by atoms with Gasteiger partial charge in [0.15, 0.2) is 0 Å². The van der Waals surface area contributed by atoms with Crippen molar-refractivity contribution in [1.82, 2.24) is 30.2 Å². The number of pyridine rings is 1. The van der Waals surface area contributed by atoms with Gasteiger partial charge in [0.05, 0.1) is 30.6 Å². The number of fused-ring (bicyclic) bond motifs is 1. The third-order valence-corrected chi connectivity index (χ3v) is 10.9. The molecule has 3 unspecified atom stereocenters. The first-order valence-electron chi connectivity index (χ1n) is 20.5. The third-order valence-electron chi connectivity index (χ3n) is 10.9. The minimum Gasteiger partial charge on any atom is -0.465 e. The standard InChI is InChI=1S/C47H60N6O6/c1-10-11-23-52-41-20-19-36(27-38(41)39(28-47(6,7)29-59-33(5)55)44(52)37-18-15-21-48-42(37)32(4)58-9)35-17-14-16-34(25-35)26-40(46(57)53-24-13-12-22-49-53)50-45(56)43(31(2)3)51(8)30-54/h14-21,25,27,30-32,40,43,49H,12-13,22-24,26,28-29H2,1-9H3,(H,50,56). The molecular formula is C47H60N6O6. The van der Waals surface area contributed by atoms with E-state index in [2.05, 4.69) is 71.3 Å². The summed E-state index contributed by atoms with van der Waals surface area (Å²) < 4.78 is 13.6. The maximum atomic E-state index is 14.0. The van der Waals surface area contributed by atoms with Gasteiger partial charge in [0.2, 0.25) is 12.3 Å². The van der Waals surface area contributed by atoms with Crippen LogP contribution >= 0.6 is 0 Å². The number of carbonyl (C=O) groups is 4. The summed E-state index contributed by atoms with van der Waals surface area (Å²) in [6.07, 6.45) is 4.81. The van der Waals surface area contributed by atoms with Gasteiger partial charge in [-0.2, -0.15) is 0 Å². The molecule has 2 aromatic carbocycles. The van der Waals surface area contributed by atoms with Crippen LogP contribution in [0.15, 0.2) is 60.8 Å². The molecule has 0 aliphatic carbocycles. The molecule has 3 heterocycles. The van der Waals surface area contributed by atoms with Gasteiger partial charge in [-0.1, -0.05) is 63.9 Å². The van der Waals surface area contributed by atoms with Gasteiger partial charge in [0.1, 0.15) is 12.1 Å². The van der Waals surface area contributed by atoms with E-state index in [4.69, 9.17) is 14.5 Å². The number of ether oxygens (including phenoxy) is 2. The maximum absolute atomic E-state index is 14.0. The normalized spacial score (nSPS) is 14.6. The second kappa shape index (κ2) is 20.0. The number of methoxy groups -OCH3 is 1. The summed E-state index contributed by atoms with van der Waals surface area (Å²) in [7, 11) is 3.26. The molecule has 0 bridgehead atoms. The first-order chi connectivity index (χ1) is 28.2. The van der Waals surface area contributed by atoms with E-state index < -0.39 is 17.5 Å². The molecule has 1 saturated heterocycles. The van der Waals surface area contributed by atoms with E-state index in [1.165, 1.54) is 11.8 Å². The molecule has 0 radical (unpaired) electrons. The van der Waals surface area contributed by atoms with Gasteiger partial charge in [-0.3, -0.25) is 29.2 Å². The number of hydrogen-bond donors (Lipinski definition) is 2. The summed E-state index contributed by atoms with van der Waals surface area (Å²) in [6.45, 7) is 15.1. The van der Waals surface area contributed by atoms with Gasteiger partial charge in [-0.05, 0) is 85.5 Å². The van der Waals surface area contributed by atoms with Crippen LogP contribution in [0.25, 0.3) is 33.3 Å². The number of nitrogens with zero attached hydrogens (tertiary/aromatic N) is 4. The van der Waals surface area contributed by atoms with Crippen molar-refractivity contribution < 1.29 is 28.7 Å². The van der Waals surface area contributed by atoms with E-state index in [0.29, 0.717) is 32.5 Å². The molecule has 1 aliphatic rings. The molecule has 0 spiro atoms. The Morgan fingerprint density at radius 1 is 1.07 bits per heavy atom. The Hall–Kier alpha value is -5.51. The van der Waals surface area contributed by atoms with Crippen LogP contribution < -0.4 is 10.7 Å². The number of aromatic nitrogens is 2. The van der Waals surface area contributed by atoms with E-state index in [0.717, 1.165) is 62.9 Å². The van der Waals surface area contributed by atoms with E-state index in [1.54, 1.807) is 25.4 Å². The summed E-state index contributed by atoms with van der Waals surface area (Å²) in [5, 5.41) is 5.66. The zero-order valence-electron chi connectivity index (χ0n) is 36.1. The molecule has 2 N–H and O–H groups in total. The van der Waals surface area contributed by atoms with Crippen LogP contribution in [0.5, 0.6) is 0 Å². The fourth-order valence-electron chi connectivity index (χ4n) is 7.95. The molecule has 2 aromatic heterocycles. The highest BCUT2D eigenvalue weighted by Crippen LogP contribution is 2.42. The van der Waals surface area contributed by atoms with Crippen LogP contribution in [-0.4, -0.2) is 89.6 Å². The molecule has 5 rings (SSSR count).